The highest BCUT2D eigenvalue weighted by molar-refractivity contribution is 8.00. The SMILES string of the molecule is COc1ccc(-n2c(SCC(=O)N3c4ccccc4Sc4ccccc43)nnc2-c2cccs2)cc1. The van der Waals surface area contributed by atoms with Crippen LogP contribution in [-0.2, 0) is 4.79 Å². The van der Waals surface area contributed by atoms with E-state index in [0.29, 0.717) is 5.16 Å². The number of aromatic nitrogens is 3. The number of thiophene rings is 1. The van der Waals surface area contributed by atoms with Gasteiger partial charge in [-0.2, -0.15) is 0 Å². The summed E-state index contributed by atoms with van der Waals surface area (Å²) in [5, 5.41) is 11.6. The van der Waals surface area contributed by atoms with Crippen LogP contribution in [-0.4, -0.2) is 33.5 Å². The van der Waals surface area contributed by atoms with Gasteiger partial charge in [0.15, 0.2) is 11.0 Å². The normalized spacial score (nSPS) is 12.2. The second-order valence-electron chi connectivity index (χ2n) is 7.87. The van der Waals surface area contributed by atoms with E-state index in [9.17, 15) is 4.79 Å². The summed E-state index contributed by atoms with van der Waals surface area (Å²) < 4.78 is 7.32. The fraction of sp³-hybridized carbons (Fsp3) is 0.0741. The molecule has 0 spiro atoms. The third-order valence-electron chi connectivity index (χ3n) is 5.71. The lowest BCUT2D eigenvalue weighted by atomic mass is 10.2. The van der Waals surface area contributed by atoms with Gasteiger partial charge >= 0.3 is 0 Å². The van der Waals surface area contributed by atoms with Gasteiger partial charge in [-0.15, -0.1) is 21.5 Å². The number of amides is 1. The summed E-state index contributed by atoms with van der Waals surface area (Å²) in [5.41, 5.74) is 2.72. The number of para-hydroxylation sites is 2. The molecule has 0 atom stereocenters. The van der Waals surface area contributed by atoms with E-state index in [4.69, 9.17) is 4.74 Å². The standard InChI is InChI=1S/C27H20N4O2S3/c1-33-19-14-12-18(13-15-19)30-26(24-11-6-16-34-24)28-29-27(30)35-17-25(32)31-20-7-2-4-9-22(20)36-23-10-5-3-8-21(23)31/h2-16H,17H2,1H3. The Bertz CT molecular complexity index is 1490. The number of nitrogens with zero attached hydrogens (tertiary/aromatic N) is 4. The quantitative estimate of drug-likeness (QED) is 0.223. The van der Waals surface area contributed by atoms with Crippen LogP contribution in [0.15, 0.2) is 105 Å². The Morgan fingerprint density at radius 2 is 1.58 bits per heavy atom. The maximum atomic E-state index is 13.7. The molecule has 178 valence electrons. The molecule has 6 rings (SSSR count). The molecule has 0 unspecified atom stereocenters. The van der Waals surface area contributed by atoms with Crippen LogP contribution >= 0.6 is 34.9 Å². The summed E-state index contributed by atoms with van der Waals surface area (Å²) in [5.74, 6) is 1.72. The van der Waals surface area contributed by atoms with Crippen LogP contribution in [0.3, 0.4) is 0 Å². The smallest absolute Gasteiger partial charge is 0.242 e. The Morgan fingerprint density at radius 3 is 2.22 bits per heavy atom. The maximum absolute atomic E-state index is 13.7. The number of carbonyl (C=O) groups excluding carboxylic acids is 1. The van der Waals surface area contributed by atoms with Gasteiger partial charge in [-0.3, -0.25) is 14.3 Å². The van der Waals surface area contributed by atoms with Gasteiger partial charge in [0, 0.05) is 9.79 Å². The number of carbonyl (C=O) groups is 1. The van der Waals surface area contributed by atoms with Crippen molar-refractivity contribution in [1.29, 1.82) is 0 Å². The molecule has 2 aromatic heterocycles. The topological polar surface area (TPSA) is 60.2 Å². The molecular formula is C27H20N4O2S3. The van der Waals surface area contributed by atoms with E-state index in [1.807, 2.05) is 87.6 Å². The van der Waals surface area contributed by atoms with Crippen LogP contribution in [0, 0.1) is 0 Å². The number of thioether (sulfide) groups is 1. The first kappa shape index (κ1) is 22.9. The molecule has 0 fully saturated rings. The summed E-state index contributed by atoms with van der Waals surface area (Å²) in [6.07, 6.45) is 0. The number of benzene rings is 3. The number of rotatable bonds is 6. The summed E-state index contributed by atoms with van der Waals surface area (Å²) in [6.45, 7) is 0. The summed E-state index contributed by atoms with van der Waals surface area (Å²) in [6, 6.07) is 27.8. The number of hydrogen-bond acceptors (Lipinski definition) is 7. The van der Waals surface area contributed by atoms with Gasteiger partial charge in [-0.25, -0.2) is 0 Å². The zero-order valence-corrected chi connectivity index (χ0v) is 21.6. The third-order valence-corrected chi connectivity index (χ3v) is 8.62. The molecule has 1 aliphatic rings. The number of ether oxygens (including phenoxy) is 1. The Hall–Kier alpha value is -3.53. The molecule has 1 aliphatic heterocycles. The molecule has 1 amide bonds. The average Bonchev–Trinajstić information content (AvgIpc) is 3.60. The van der Waals surface area contributed by atoms with E-state index in [1.165, 1.54) is 11.8 Å². The minimum atomic E-state index is -0.0119. The average molecular weight is 529 g/mol. The lowest BCUT2D eigenvalue weighted by molar-refractivity contribution is -0.115. The monoisotopic (exact) mass is 528 g/mol. The van der Waals surface area contributed by atoms with Crippen molar-refractivity contribution in [3.8, 4) is 22.1 Å². The second-order valence-corrected chi connectivity index (χ2v) is 10.8. The molecule has 3 aromatic carbocycles. The van der Waals surface area contributed by atoms with Crippen molar-refractivity contribution < 1.29 is 9.53 Å². The molecule has 9 heteroatoms. The minimum absolute atomic E-state index is 0.0119. The Kier molecular flexibility index (Phi) is 6.27. The van der Waals surface area contributed by atoms with Crippen molar-refractivity contribution in [1.82, 2.24) is 14.8 Å². The lowest BCUT2D eigenvalue weighted by Gasteiger charge is -2.30. The molecule has 0 saturated heterocycles. The molecule has 0 saturated carbocycles. The van der Waals surface area contributed by atoms with Crippen molar-refractivity contribution in [2.24, 2.45) is 0 Å². The van der Waals surface area contributed by atoms with E-state index in [1.54, 1.807) is 30.2 Å². The predicted molar refractivity (Wildman–Crippen MR) is 146 cm³/mol. The van der Waals surface area contributed by atoms with Gasteiger partial charge in [0.2, 0.25) is 5.91 Å². The molecule has 3 heterocycles. The van der Waals surface area contributed by atoms with E-state index in [2.05, 4.69) is 22.3 Å². The molecule has 5 aromatic rings. The first-order valence-electron chi connectivity index (χ1n) is 11.2. The van der Waals surface area contributed by atoms with Crippen LogP contribution in [0.4, 0.5) is 11.4 Å². The highest BCUT2D eigenvalue weighted by Crippen LogP contribution is 2.48. The molecule has 0 aliphatic carbocycles. The highest BCUT2D eigenvalue weighted by atomic mass is 32.2. The van der Waals surface area contributed by atoms with E-state index < -0.39 is 0 Å². The predicted octanol–water partition coefficient (Wildman–Crippen LogP) is 6.93. The number of hydrogen-bond donors (Lipinski definition) is 0. The molecule has 0 radical (unpaired) electrons. The molecule has 36 heavy (non-hydrogen) atoms. The maximum Gasteiger partial charge on any atom is 0.242 e. The zero-order chi connectivity index (χ0) is 24.5. The van der Waals surface area contributed by atoms with Crippen LogP contribution < -0.4 is 9.64 Å². The Labute approximate surface area is 220 Å². The second kappa shape index (κ2) is 9.85. The summed E-state index contributed by atoms with van der Waals surface area (Å²) >= 11 is 4.67. The van der Waals surface area contributed by atoms with Crippen molar-refractivity contribution in [3.05, 3.63) is 90.3 Å². The molecule has 0 N–H and O–H groups in total. The summed E-state index contributed by atoms with van der Waals surface area (Å²) in [4.78, 5) is 18.6. The van der Waals surface area contributed by atoms with Gasteiger partial charge in [0.25, 0.3) is 0 Å². The third kappa shape index (κ3) is 4.19. The molecule has 6 nitrogen and oxygen atoms in total. The first-order valence-corrected chi connectivity index (χ1v) is 13.9. The van der Waals surface area contributed by atoms with Crippen molar-refractivity contribution in [2.45, 2.75) is 14.9 Å². The number of anilines is 2. The van der Waals surface area contributed by atoms with Crippen LogP contribution in [0.2, 0.25) is 0 Å². The van der Waals surface area contributed by atoms with Gasteiger partial charge in [0.05, 0.1) is 34.8 Å². The minimum Gasteiger partial charge on any atom is -0.497 e. The van der Waals surface area contributed by atoms with Crippen LogP contribution in [0.25, 0.3) is 16.4 Å². The Balaban J connectivity index is 1.33. The number of fused-ring (bicyclic) bond motifs is 2. The first-order chi connectivity index (χ1) is 17.7. The van der Waals surface area contributed by atoms with E-state index in [-0.39, 0.29) is 11.7 Å². The lowest BCUT2D eigenvalue weighted by Crippen LogP contribution is -2.30. The summed E-state index contributed by atoms with van der Waals surface area (Å²) in [7, 11) is 1.65. The largest absolute Gasteiger partial charge is 0.497 e. The Morgan fingerprint density at radius 1 is 0.889 bits per heavy atom. The van der Waals surface area contributed by atoms with Crippen LogP contribution in [0.1, 0.15) is 0 Å². The fourth-order valence-electron chi connectivity index (χ4n) is 4.06. The van der Waals surface area contributed by atoms with Crippen molar-refractivity contribution in [2.75, 3.05) is 17.8 Å². The fourth-order valence-corrected chi connectivity index (χ4v) is 6.61. The van der Waals surface area contributed by atoms with E-state index in [0.717, 1.165) is 43.3 Å². The highest BCUT2D eigenvalue weighted by Gasteiger charge is 2.28. The van der Waals surface area contributed by atoms with E-state index >= 15 is 0 Å². The van der Waals surface area contributed by atoms with Crippen LogP contribution in [0.5, 0.6) is 5.75 Å². The molecular weight excluding hydrogens is 509 g/mol. The van der Waals surface area contributed by atoms with Gasteiger partial charge in [-0.05, 0) is 60.0 Å². The van der Waals surface area contributed by atoms with Gasteiger partial charge in [-0.1, -0.05) is 53.9 Å². The van der Waals surface area contributed by atoms with Crippen molar-refractivity contribution >= 4 is 52.1 Å². The van der Waals surface area contributed by atoms with Gasteiger partial charge in [0.1, 0.15) is 5.75 Å². The number of methoxy groups -OCH3 is 1. The zero-order valence-electron chi connectivity index (χ0n) is 19.2. The van der Waals surface area contributed by atoms with Crippen molar-refractivity contribution in [3.63, 3.8) is 0 Å². The van der Waals surface area contributed by atoms with Gasteiger partial charge < -0.3 is 4.74 Å². The molecule has 0 bridgehead atoms.